The van der Waals surface area contributed by atoms with Crippen LogP contribution in [0.15, 0.2) is 30.6 Å². The van der Waals surface area contributed by atoms with Crippen molar-refractivity contribution in [3.63, 3.8) is 0 Å². The minimum atomic E-state index is -1.15. The third-order valence-corrected chi connectivity index (χ3v) is 6.13. The van der Waals surface area contributed by atoms with Gasteiger partial charge in [-0.1, -0.05) is 12.1 Å². The number of rotatable bonds is 5. The molecular weight excluding hydrogens is 401 g/mol. The first kappa shape index (κ1) is 21.0. The first-order valence-corrected chi connectivity index (χ1v) is 10.5. The molecule has 0 bridgehead atoms. The van der Waals surface area contributed by atoms with Crippen LogP contribution < -0.4 is 5.32 Å². The second kappa shape index (κ2) is 8.13. The van der Waals surface area contributed by atoms with Crippen LogP contribution in [0.3, 0.4) is 0 Å². The number of imidazole rings is 1. The van der Waals surface area contributed by atoms with Crippen molar-refractivity contribution in [2.45, 2.75) is 45.3 Å². The molecule has 1 N–H and O–H groups in total. The molecule has 2 aromatic rings. The monoisotopic (exact) mass is 427 g/mol. The van der Waals surface area contributed by atoms with Crippen LogP contribution in [0.25, 0.3) is 0 Å². The number of aromatic nitrogens is 2. The topological polar surface area (TPSA) is 87.5 Å². The Labute approximate surface area is 180 Å². The van der Waals surface area contributed by atoms with Gasteiger partial charge in [0.2, 0.25) is 5.91 Å². The van der Waals surface area contributed by atoms with Gasteiger partial charge in [0.05, 0.1) is 12.9 Å². The lowest BCUT2D eigenvalue weighted by molar-refractivity contribution is -0.132. The second-order valence-electron chi connectivity index (χ2n) is 8.20. The summed E-state index contributed by atoms with van der Waals surface area (Å²) < 4.78 is 14.7. The Balaban J connectivity index is 1.57. The van der Waals surface area contributed by atoms with E-state index < -0.39 is 5.54 Å². The molecule has 3 amide bonds. The van der Waals surface area contributed by atoms with Crippen LogP contribution >= 0.6 is 0 Å². The highest BCUT2D eigenvalue weighted by atomic mass is 19.1. The standard InChI is InChI=1S/C22H26FN5O3/c1-3-28-20(30)18-17(19(29)26-10-4-5-11-26)25-14-27(18)13-22(28,2)21(31)24-12-15-6-8-16(23)9-7-15/h6-9,14H,3-5,10-13H2,1-2H3,(H,24,31)/t22-/m1/s1. The molecule has 1 fully saturated rings. The predicted molar refractivity (Wildman–Crippen MR) is 111 cm³/mol. The molecule has 2 aliphatic rings. The summed E-state index contributed by atoms with van der Waals surface area (Å²) in [7, 11) is 0. The number of nitrogens with one attached hydrogen (secondary N) is 1. The summed E-state index contributed by atoms with van der Waals surface area (Å²) in [6, 6.07) is 5.88. The molecule has 8 nitrogen and oxygen atoms in total. The zero-order valence-electron chi connectivity index (χ0n) is 17.7. The van der Waals surface area contributed by atoms with Crippen molar-refractivity contribution in [1.82, 2.24) is 24.7 Å². The Morgan fingerprint density at radius 1 is 1.19 bits per heavy atom. The van der Waals surface area contributed by atoms with Gasteiger partial charge in [0.15, 0.2) is 5.69 Å². The van der Waals surface area contributed by atoms with Crippen molar-refractivity contribution in [3.05, 3.63) is 53.4 Å². The van der Waals surface area contributed by atoms with Crippen LogP contribution in [-0.4, -0.2) is 62.2 Å². The number of hydrogen-bond donors (Lipinski definition) is 1. The summed E-state index contributed by atoms with van der Waals surface area (Å²) in [6.45, 7) is 5.56. The number of carbonyl (C=O) groups excluding carboxylic acids is 3. The number of hydrogen-bond acceptors (Lipinski definition) is 4. The smallest absolute Gasteiger partial charge is 0.274 e. The third-order valence-electron chi connectivity index (χ3n) is 6.13. The third kappa shape index (κ3) is 3.68. The average molecular weight is 427 g/mol. The van der Waals surface area contributed by atoms with Gasteiger partial charge in [0.25, 0.3) is 11.8 Å². The number of likely N-dealkylation sites (tertiary alicyclic amines) is 1. The number of halogens is 1. The van der Waals surface area contributed by atoms with Crippen LogP contribution in [0.4, 0.5) is 4.39 Å². The molecular formula is C22H26FN5O3. The lowest BCUT2D eigenvalue weighted by Crippen LogP contribution is -2.63. The summed E-state index contributed by atoms with van der Waals surface area (Å²) in [4.78, 5) is 46.8. The van der Waals surface area contributed by atoms with Crippen LogP contribution in [0.5, 0.6) is 0 Å². The van der Waals surface area contributed by atoms with Gasteiger partial charge < -0.3 is 19.7 Å². The molecule has 1 aromatic heterocycles. The zero-order valence-corrected chi connectivity index (χ0v) is 17.7. The molecule has 0 saturated carbocycles. The van der Waals surface area contributed by atoms with E-state index in [4.69, 9.17) is 0 Å². The van der Waals surface area contributed by atoms with Crippen molar-refractivity contribution in [2.24, 2.45) is 0 Å². The predicted octanol–water partition coefficient (Wildman–Crippen LogP) is 1.81. The van der Waals surface area contributed by atoms with E-state index in [-0.39, 0.29) is 48.0 Å². The van der Waals surface area contributed by atoms with Crippen LogP contribution in [0.1, 0.15) is 53.2 Å². The number of likely N-dealkylation sites (N-methyl/N-ethyl adjacent to an activating group) is 1. The fourth-order valence-electron chi connectivity index (χ4n) is 4.38. The molecule has 164 valence electrons. The molecule has 1 saturated heterocycles. The van der Waals surface area contributed by atoms with Gasteiger partial charge in [-0.15, -0.1) is 0 Å². The summed E-state index contributed by atoms with van der Waals surface area (Å²) >= 11 is 0. The highest BCUT2D eigenvalue weighted by Crippen LogP contribution is 2.29. The first-order chi connectivity index (χ1) is 14.8. The highest BCUT2D eigenvalue weighted by Gasteiger charge is 2.48. The molecule has 1 atom stereocenters. The minimum Gasteiger partial charge on any atom is -0.350 e. The maximum absolute atomic E-state index is 13.4. The van der Waals surface area contributed by atoms with E-state index in [0.717, 1.165) is 18.4 Å². The number of fused-ring (bicyclic) bond motifs is 1. The lowest BCUT2D eigenvalue weighted by atomic mass is 9.94. The second-order valence-corrected chi connectivity index (χ2v) is 8.20. The maximum atomic E-state index is 13.4. The summed E-state index contributed by atoms with van der Waals surface area (Å²) in [6.07, 6.45) is 3.36. The molecule has 1 aromatic carbocycles. The Morgan fingerprint density at radius 3 is 2.52 bits per heavy atom. The number of carbonyl (C=O) groups is 3. The van der Waals surface area contributed by atoms with Gasteiger partial charge in [-0.2, -0.15) is 0 Å². The summed E-state index contributed by atoms with van der Waals surface area (Å²) in [5, 5.41) is 2.85. The molecule has 0 unspecified atom stereocenters. The highest BCUT2D eigenvalue weighted by molar-refractivity contribution is 6.07. The number of amides is 3. The van der Waals surface area contributed by atoms with E-state index in [9.17, 15) is 18.8 Å². The number of benzene rings is 1. The molecule has 3 heterocycles. The Morgan fingerprint density at radius 2 is 1.87 bits per heavy atom. The Kier molecular flexibility index (Phi) is 5.51. The van der Waals surface area contributed by atoms with Gasteiger partial charge >= 0.3 is 0 Å². The van der Waals surface area contributed by atoms with Crippen molar-refractivity contribution in [3.8, 4) is 0 Å². The quantitative estimate of drug-likeness (QED) is 0.788. The van der Waals surface area contributed by atoms with Crippen molar-refractivity contribution >= 4 is 17.7 Å². The van der Waals surface area contributed by atoms with Crippen LogP contribution in [0, 0.1) is 5.82 Å². The van der Waals surface area contributed by atoms with Crippen molar-refractivity contribution < 1.29 is 18.8 Å². The van der Waals surface area contributed by atoms with E-state index in [2.05, 4.69) is 10.3 Å². The first-order valence-electron chi connectivity index (χ1n) is 10.5. The van der Waals surface area contributed by atoms with Crippen LogP contribution in [-0.2, 0) is 17.9 Å². The molecule has 2 aliphatic heterocycles. The van der Waals surface area contributed by atoms with E-state index in [1.807, 2.05) is 0 Å². The van der Waals surface area contributed by atoms with Gasteiger partial charge in [0.1, 0.15) is 17.1 Å². The lowest BCUT2D eigenvalue weighted by Gasteiger charge is -2.43. The van der Waals surface area contributed by atoms with Gasteiger partial charge in [-0.3, -0.25) is 14.4 Å². The molecule has 4 rings (SSSR count). The van der Waals surface area contributed by atoms with E-state index in [0.29, 0.717) is 19.6 Å². The molecule has 31 heavy (non-hydrogen) atoms. The minimum absolute atomic E-state index is 0.152. The van der Waals surface area contributed by atoms with Crippen LogP contribution in [0.2, 0.25) is 0 Å². The fourth-order valence-corrected chi connectivity index (χ4v) is 4.38. The Bertz CT molecular complexity index is 1010. The van der Waals surface area contributed by atoms with Gasteiger partial charge in [0, 0.05) is 26.2 Å². The Hall–Kier alpha value is -3.23. The maximum Gasteiger partial charge on any atom is 0.274 e. The largest absolute Gasteiger partial charge is 0.350 e. The SMILES string of the molecule is CCN1C(=O)c2c(C(=O)N3CCCC3)ncn2C[C@]1(C)C(=O)NCc1ccc(F)cc1. The summed E-state index contributed by atoms with van der Waals surface area (Å²) in [5.41, 5.74) is 0.0000865. The van der Waals surface area contributed by atoms with E-state index in [1.54, 1.807) is 35.4 Å². The fraction of sp³-hybridized carbons (Fsp3) is 0.455. The zero-order chi connectivity index (χ0) is 22.2. The number of nitrogens with zero attached hydrogens (tertiary/aromatic N) is 4. The molecule has 9 heteroatoms. The normalized spacial score (nSPS) is 20.7. The van der Waals surface area contributed by atoms with Gasteiger partial charge in [-0.05, 0) is 44.4 Å². The van der Waals surface area contributed by atoms with Crippen molar-refractivity contribution in [1.29, 1.82) is 0 Å². The summed E-state index contributed by atoms with van der Waals surface area (Å²) in [5.74, 6) is -1.28. The molecule has 0 radical (unpaired) electrons. The van der Waals surface area contributed by atoms with Crippen molar-refractivity contribution in [2.75, 3.05) is 19.6 Å². The van der Waals surface area contributed by atoms with E-state index >= 15 is 0 Å². The average Bonchev–Trinajstić information content (AvgIpc) is 3.43. The van der Waals surface area contributed by atoms with Gasteiger partial charge in [-0.25, -0.2) is 9.37 Å². The molecule has 0 aliphatic carbocycles. The molecule has 0 spiro atoms. The van der Waals surface area contributed by atoms with E-state index in [1.165, 1.54) is 23.4 Å².